The van der Waals surface area contributed by atoms with Crippen molar-refractivity contribution in [2.45, 2.75) is 32.7 Å². The zero-order valence-corrected chi connectivity index (χ0v) is 11.3. The summed E-state index contributed by atoms with van der Waals surface area (Å²) >= 11 is 0. The van der Waals surface area contributed by atoms with Crippen molar-refractivity contribution in [2.75, 3.05) is 30.9 Å². The summed E-state index contributed by atoms with van der Waals surface area (Å²) in [5.41, 5.74) is -0.301. The molecule has 0 aromatic carbocycles. The fraction of sp³-hybridized carbons (Fsp3) is 0.727. The summed E-state index contributed by atoms with van der Waals surface area (Å²) in [6.45, 7) is 6.39. The van der Waals surface area contributed by atoms with Gasteiger partial charge in [0.25, 0.3) is 0 Å². The number of nitrogens with zero attached hydrogens (tertiary/aromatic N) is 3. The predicted molar refractivity (Wildman–Crippen MR) is 69.9 cm³/mol. The standard InChI is InChI=1S/C11H21N5O2/c1-5-18-10-14-8(12-4)13-9(15-10)16-11(2,3)6-7-17/h17H,5-7H2,1-4H3,(H2,12,13,14,15,16). The molecule has 0 amide bonds. The Kier molecular flexibility index (Phi) is 5.08. The first-order chi connectivity index (χ1) is 8.50. The molecule has 18 heavy (non-hydrogen) atoms. The van der Waals surface area contributed by atoms with E-state index in [4.69, 9.17) is 9.84 Å². The van der Waals surface area contributed by atoms with Crippen molar-refractivity contribution in [3.05, 3.63) is 0 Å². The minimum absolute atomic E-state index is 0.0995. The number of hydrogen-bond acceptors (Lipinski definition) is 7. The zero-order valence-electron chi connectivity index (χ0n) is 11.3. The van der Waals surface area contributed by atoms with Crippen molar-refractivity contribution >= 4 is 11.9 Å². The molecule has 0 spiro atoms. The van der Waals surface area contributed by atoms with E-state index in [-0.39, 0.29) is 18.2 Å². The number of anilines is 2. The summed E-state index contributed by atoms with van der Waals surface area (Å²) in [5.74, 6) is 0.868. The third-order valence-electron chi connectivity index (χ3n) is 2.30. The molecule has 0 aliphatic rings. The Morgan fingerprint density at radius 1 is 1.22 bits per heavy atom. The predicted octanol–water partition coefficient (Wildman–Crippen LogP) is 0.885. The van der Waals surface area contributed by atoms with Gasteiger partial charge in [-0.3, -0.25) is 0 Å². The van der Waals surface area contributed by atoms with Crippen LogP contribution in [-0.4, -0.2) is 45.9 Å². The van der Waals surface area contributed by atoms with Gasteiger partial charge in [-0.1, -0.05) is 0 Å². The second kappa shape index (κ2) is 6.34. The lowest BCUT2D eigenvalue weighted by Gasteiger charge is -2.25. The highest BCUT2D eigenvalue weighted by Gasteiger charge is 2.19. The number of aromatic nitrogens is 3. The van der Waals surface area contributed by atoms with E-state index in [0.29, 0.717) is 24.9 Å². The molecular formula is C11H21N5O2. The third kappa shape index (κ3) is 4.33. The van der Waals surface area contributed by atoms with Crippen molar-refractivity contribution in [1.82, 2.24) is 15.0 Å². The molecule has 7 nitrogen and oxygen atoms in total. The van der Waals surface area contributed by atoms with Crippen molar-refractivity contribution in [3.8, 4) is 6.01 Å². The summed E-state index contributed by atoms with van der Waals surface area (Å²) < 4.78 is 5.27. The third-order valence-corrected chi connectivity index (χ3v) is 2.30. The van der Waals surface area contributed by atoms with Gasteiger partial charge in [0.15, 0.2) is 0 Å². The van der Waals surface area contributed by atoms with Crippen molar-refractivity contribution in [2.24, 2.45) is 0 Å². The molecule has 1 aromatic heterocycles. The maximum Gasteiger partial charge on any atom is 0.323 e. The van der Waals surface area contributed by atoms with Gasteiger partial charge in [-0.2, -0.15) is 15.0 Å². The first kappa shape index (κ1) is 14.4. The second-order valence-electron chi connectivity index (χ2n) is 4.43. The summed E-state index contributed by atoms with van der Waals surface area (Å²) in [6, 6.07) is 0.277. The Morgan fingerprint density at radius 2 is 1.89 bits per heavy atom. The average molecular weight is 255 g/mol. The van der Waals surface area contributed by atoms with Gasteiger partial charge >= 0.3 is 6.01 Å². The lowest BCUT2D eigenvalue weighted by Crippen LogP contribution is -2.33. The first-order valence-corrected chi connectivity index (χ1v) is 5.96. The minimum Gasteiger partial charge on any atom is -0.464 e. The molecule has 1 aromatic rings. The maximum absolute atomic E-state index is 8.99. The van der Waals surface area contributed by atoms with Crippen LogP contribution in [0, 0.1) is 0 Å². The van der Waals surface area contributed by atoms with Crippen molar-refractivity contribution < 1.29 is 9.84 Å². The molecule has 102 valence electrons. The molecule has 0 radical (unpaired) electrons. The lowest BCUT2D eigenvalue weighted by atomic mass is 10.0. The number of aliphatic hydroxyl groups is 1. The van der Waals surface area contributed by atoms with Crippen LogP contribution in [0.2, 0.25) is 0 Å². The Bertz CT molecular complexity index is 384. The van der Waals surface area contributed by atoms with Crippen LogP contribution in [0.4, 0.5) is 11.9 Å². The van der Waals surface area contributed by atoms with E-state index >= 15 is 0 Å². The van der Waals surface area contributed by atoms with Crippen LogP contribution >= 0.6 is 0 Å². The van der Waals surface area contributed by atoms with Gasteiger partial charge in [0.2, 0.25) is 11.9 Å². The molecular weight excluding hydrogens is 234 g/mol. The Hall–Kier alpha value is -1.63. The topological polar surface area (TPSA) is 92.2 Å². The molecule has 0 atom stereocenters. The molecule has 0 bridgehead atoms. The summed E-state index contributed by atoms with van der Waals surface area (Å²) in [6.07, 6.45) is 0.595. The van der Waals surface area contributed by atoms with Crippen molar-refractivity contribution in [3.63, 3.8) is 0 Å². The highest BCUT2D eigenvalue weighted by molar-refractivity contribution is 5.37. The summed E-state index contributed by atoms with van der Waals surface area (Å²) in [7, 11) is 1.73. The van der Waals surface area contributed by atoms with E-state index in [2.05, 4.69) is 25.6 Å². The summed E-state index contributed by atoms with van der Waals surface area (Å²) in [4.78, 5) is 12.4. The quantitative estimate of drug-likeness (QED) is 0.666. The number of rotatable bonds is 7. The second-order valence-corrected chi connectivity index (χ2v) is 4.43. The van der Waals surface area contributed by atoms with Gasteiger partial charge in [0.1, 0.15) is 0 Å². The maximum atomic E-state index is 8.99. The van der Waals surface area contributed by atoms with Gasteiger partial charge in [-0.15, -0.1) is 0 Å². The smallest absolute Gasteiger partial charge is 0.323 e. The van der Waals surface area contributed by atoms with Crippen molar-refractivity contribution in [1.29, 1.82) is 0 Å². The fourth-order valence-electron chi connectivity index (χ4n) is 1.36. The van der Waals surface area contributed by atoms with Gasteiger partial charge < -0.3 is 20.5 Å². The molecule has 0 aliphatic heterocycles. The molecule has 0 unspecified atom stereocenters. The molecule has 0 saturated heterocycles. The average Bonchev–Trinajstić information content (AvgIpc) is 2.28. The fourth-order valence-corrected chi connectivity index (χ4v) is 1.36. The largest absolute Gasteiger partial charge is 0.464 e. The van der Waals surface area contributed by atoms with Crippen LogP contribution in [-0.2, 0) is 0 Å². The van der Waals surface area contributed by atoms with E-state index < -0.39 is 0 Å². The van der Waals surface area contributed by atoms with Gasteiger partial charge in [-0.25, -0.2) is 0 Å². The molecule has 1 heterocycles. The van der Waals surface area contributed by atoms with Crippen LogP contribution in [0.3, 0.4) is 0 Å². The molecule has 0 fully saturated rings. The van der Waals surface area contributed by atoms with Gasteiger partial charge in [0, 0.05) is 19.2 Å². The molecule has 0 saturated carbocycles. The Balaban J connectivity index is 2.90. The van der Waals surface area contributed by atoms with E-state index in [1.165, 1.54) is 0 Å². The minimum atomic E-state index is -0.301. The number of nitrogens with one attached hydrogen (secondary N) is 2. The van der Waals surface area contributed by atoms with Crippen LogP contribution in [0.5, 0.6) is 6.01 Å². The molecule has 3 N–H and O–H groups in total. The highest BCUT2D eigenvalue weighted by atomic mass is 16.5. The number of hydrogen-bond donors (Lipinski definition) is 3. The van der Waals surface area contributed by atoms with Crippen LogP contribution < -0.4 is 15.4 Å². The molecule has 7 heteroatoms. The summed E-state index contributed by atoms with van der Waals surface area (Å²) in [5, 5.41) is 15.0. The van der Waals surface area contributed by atoms with Crippen LogP contribution in [0.25, 0.3) is 0 Å². The SMILES string of the molecule is CCOc1nc(NC)nc(NC(C)(C)CCO)n1. The van der Waals surface area contributed by atoms with Gasteiger partial charge in [0.05, 0.1) is 6.61 Å². The van der Waals surface area contributed by atoms with Gasteiger partial charge in [-0.05, 0) is 27.2 Å². The number of ether oxygens (including phenoxy) is 1. The highest BCUT2D eigenvalue weighted by Crippen LogP contribution is 2.17. The monoisotopic (exact) mass is 255 g/mol. The van der Waals surface area contributed by atoms with E-state index in [0.717, 1.165) is 0 Å². The molecule has 1 rings (SSSR count). The Morgan fingerprint density at radius 3 is 2.44 bits per heavy atom. The normalized spacial score (nSPS) is 11.2. The number of aliphatic hydroxyl groups excluding tert-OH is 1. The zero-order chi connectivity index (χ0) is 13.6. The lowest BCUT2D eigenvalue weighted by molar-refractivity contribution is 0.260. The van der Waals surface area contributed by atoms with E-state index in [1.54, 1.807) is 7.05 Å². The first-order valence-electron chi connectivity index (χ1n) is 5.96. The van der Waals surface area contributed by atoms with E-state index in [1.807, 2.05) is 20.8 Å². The molecule has 0 aliphatic carbocycles. The van der Waals surface area contributed by atoms with E-state index in [9.17, 15) is 0 Å². The Labute approximate surface area is 107 Å². The van der Waals surface area contributed by atoms with Crippen LogP contribution in [0.15, 0.2) is 0 Å². The van der Waals surface area contributed by atoms with Crippen LogP contribution in [0.1, 0.15) is 27.2 Å².